The fourth-order valence-corrected chi connectivity index (χ4v) is 2.78. The van der Waals surface area contributed by atoms with E-state index >= 15 is 0 Å². The summed E-state index contributed by atoms with van der Waals surface area (Å²) in [4.78, 5) is 25.4. The second-order valence-corrected chi connectivity index (χ2v) is 5.62. The van der Waals surface area contributed by atoms with E-state index in [0.717, 1.165) is 23.2 Å². The lowest BCUT2D eigenvalue weighted by Crippen LogP contribution is -2.25. The summed E-state index contributed by atoms with van der Waals surface area (Å²) in [5.74, 6) is -0.500. The van der Waals surface area contributed by atoms with E-state index in [1.807, 2.05) is 18.2 Å². The van der Waals surface area contributed by atoms with Gasteiger partial charge in [-0.2, -0.15) is 0 Å². The molecule has 0 radical (unpaired) electrons. The first-order valence-electron chi connectivity index (χ1n) is 7.48. The number of halogens is 1. The molecule has 0 aliphatic carbocycles. The SMILES string of the molecule is CC(=O)N1CCc2ccc(NC(=O)Cc3ccc(F)cc3)cc21. The number of hydrogen-bond donors (Lipinski definition) is 1. The zero-order valence-electron chi connectivity index (χ0n) is 12.8. The van der Waals surface area contributed by atoms with E-state index < -0.39 is 0 Å². The lowest BCUT2D eigenvalue weighted by atomic mass is 10.1. The van der Waals surface area contributed by atoms with Crippen LogP contribution >= 0.6 is 0 Å². The molecule has 4 nitrogen and oxygen atoms in total. The molecule has 118 valence electrons. The molecular formula is C18H17FN2O2. The molecule has 2 amide bonds. The third-order valence-corrected chi connectivity index (χ3v) is 3.92. The van der Waals surface area contributed by atoms with Crippen LogP contribution in [0.4, 0.5) is 15.8 Å². The average Bonchev–Trinajstić information content (AvgIpc) is 2.93. The third-order valence-electron chi connectivity index (χ3n) is 3.92. The number of nitrogens with zero attached hydrogens (tertiary/aromatic N) is 1. The van der Waals surface area contributed by atoms with E-state index in [1.54, 1.807) is 17.0 Å². The van der Waals surface area contributed by atoms with Gasteiger partial charge < -0.3 is 10.2 Å². The van der Waals surface area contributed by atoms with Gasteiger partial charge in [-0.3, -0.25) is 9.59 Å². The van der Waals surface area contributed by atoms with Gasteiger partial charge in [0.1, 0.15) is 5.82 Å². The molecule has 1 aliphatic rings. The predicted octanol–water partition coefficient (Wildman–Crippen LogP) is 2.92. The van der Waals surface area contributed by atoms with Gasteiger partial charge in [-0.05, 0) is 41.8 Å². The summed E-state index contributed by atoms with van der Waals surface area (Å²) in [6.07, 6.45) is 1.01. The van der Waals surface area contributed by atoms with E-state index in [9.17, 15) is 14.0 Å². The van der Waals surface area contributed by atoms with Gasteiger partial charge >= 0.3 is 0 Å². The fourth-order valence-electron chi connectivity index (χ4n) is 2.78. The standard InChI is InChI=1S/C18H17FN2O2/c1-12(22)21-9-8-14-4-7-16(11-17(14)21)20-18(23)10-13-2-5-15(19)6-3-13/h2-7,11H,8-10H2,1H3,(H,20,23). The Morgan fingerprint density at radius 3 is 2.61 bits per heavy atom. The summed E-state index contributed by atoms with van der Waals surface area (Å²) in [7, 11) is 0. The first-order valence-corrected chi connectivity index (χ1v) is 7.48. The largest absolute Gasteiger partial charge is 0.326 e. The van der Waals surface area contributed by atoms with Crippen molar-refractivity contribution < 1.29 is 14.0 Å². The van der Waals surface area contributed by atoms with Crippen LogP contribution in [0.25, 0.3) is 0 Å². The number of amides is 2. The number of hydrogen-bond acceptors (Lipinski definition) is 2. The number of nitrogens with one attached hydrogen (secondary N) is 1. The van der Waals surface area contributed by atoms with Crippen molar-refractivity contribution in [2.75, 3.05) is 16.8 Å². The van der Waals surface area contributed by atoms with E-state index in [4.69, 9.17) is 0 Å². The van der Waals surface area contributed by atoms with Gasteiger partial charge in [0, 0.05) is 24.8 Å². The highest BCUT2D eigenvalue weighted by Gasteiger charge is 2.22. The monoisotopic (exact) mass is 312 g/mol. The molecule has 23 heavy (non-hydrogen) atoms. The molecule has 0 bridgehead atoms. The molecule has 0 spiro atoms. The van der Waals surface area contributed by atoms with Crippen LogP contribution in [0, 0.1) is 5.82 Å². The molecule has 0 atom stereocenters. The van der Waals surface area contributed by atoms with Gasteiger partial charge in [0.05, 0.1) is 6.42 Å². The topological polar surface area (TPSA) is 49.4 Å². The summed E-state index contributed by atoms with van der Waals surface area (Å²) in [6.45, 7) is 2.21. The Hall–Kier alpha value is -2.69. The maximum Gasteiger partial charge on any atom is 0.228 e. The summed E-state index contributed by atoms with van der Waals surface area (Å²) < 4.78 is 12.9. The van der Waals surface area contributed by atoms with Crippen LogP contribution < -0.4 is 10.2 Å². The Bertz CT molecular complexity index is 756. The normalized spacial score (nSPS) is 12.9. The molecular weight excluding hydrogens is 295 g/mol. The molecule has 0 saturated heterocycles. The highest BCUT2D eigenvalue weighted by molar-refractivity contribution is 5.96. The highest BCUT2D eigenvalue weighted by Crippen LogP contribution is 2.30. The molecule has 5 heteroatoms. The minimum atomic E-state index is -0.322. The van der Waals surface area contributed by atoms with Crippen molar-refractivity contribution in [3.63, 3.8) is 0 Å². The smallest absolute Gasteiger partial charge is 0.228 e. The Morgan fingerprint density at radius 2 is 1.91 bits per heavy atom. The minimum Gasteiger partial charge on any atom is -0.326 e. The number of anilines is 2. The van der Waals surface area contributed by atoms with Crippen LogP contribution in [0.2, 0.25) is 0 Å². The van der Waals surface area contributed by atoms with E-state index in [2.05, 4.69) is 5.32 Å². The molecule has 0 saturated carbocycles. The zero-order chi connectivity index (χ0) is 16.4. The number of carbonyl (C=O) groups excluding carboxylic acids is 2. The number of carbonyl (C=O) groups is 2. The van der Waals surface area contributed by atoms with E-state index in [1.165, 1.54) is 19.1 Å². The van der Waals surface area contributed by atoms with Crippen molar-refractivity contribution in [1.82, 2.24) is 0 Å². The molecule has 0 fully saturated rings. The van der Waals surface area contributed by atoms with Gasteiger partial charge in [-0.15, -0.1) is 0 Å². The van der Waals surface area contributed by atoms with Crippen molar-refractivity contribution in [2.24, 2.45) is 0 Å². The fraction of sp³-hybridized carbons (Fsp3) is 0.222. The summed E-state index contributed by atoms with van der Waals surface area (Å²) in [5, 5.41) is 2.82. The molecule has 3 rings (SSSR count). The Kier molecular flexibility index (Phi) is 4.10. The van der Waals surface area contributed by atoms with Gasteiger partial charge in [-0.1, -0.05) is 18.2 Å². The first-order chi connectivity index (χ1) is 11.0. The van der Waals surface area contributed by atoms with Crippen LogP contribution in [0.5, 0.6) is 0 Å². The van der Waals surface area contributed by atoms with E-state index in [-0.39, 0.29) is 24.1 Å². The van der Waals surface area contributed by atoms with Crippen LogP contribution in [0.15, 0.2) is 42.5 Å². The van der Waals surface area contributed by atoms with Crippen molar-refractivity contribution >= 4 is 23.2 Å². The summed E-state index contributed by atoms with van der Waals surface area (Å²) in [6, 6.07) is 11.5. The maximum absolute atomic E-state index is 12.9. The van der Waals surface area contributed by atoms with Crippen LogP contribution in [-0.2, 0) is 22.4 Å². The van der Waals surface area contributed by atoms with Crippen LogP contribution in [0.1, 0.15) is 18.1 Å². The van der Waals surface area contributed by atoms with Crippen LogP contribution in [-0.4, -0.2) is 18.4 Å². The Balaban J connectivity index is 1.71. The van der Waals surface area contributed by atoms with Crippen molar-refractivity contribution in [3.05, 3.63) is 59.4 Å². The predicted molar refractivity (Wildman–Crippen MR) is 86.9 cm³/mol. The molecule has 1 N–H and O–H groups in total. The second-order valence-electron chi connectivity index (χ2n) is 5.62. The molecule has 2 aromatic carbocycles. The molecule has 1 heterocycles. The van der Waals surface area contributed by atoms with Gasteiger partial charge in [0.2, 0.25) is 11.8 Å². The third kappa shape index (κ3) is 3.39. The average molecular weight is 312 g/mol. The lowest BCUT2D eigenvalue weighted by molar-refractivity contribution is -0.116. The second kappa shape index (κ2) is 6.20. The van der Waals surface area contributed by atoms with Crippen molar-refractivity contribution in [1.29, 1.82) is 0 Å². The molecule has 0 unspecified atom stereocenters. The minimum absolute atomic E-state index is 0.00135. The summed E-state index contributed by atoms with van der Waals surface area (Å²) in [5.41, 5.74) is 3.37. The number of benzene rings is 2. The van der Waals surface area contributed by atoms with Crippen LogP contribution in [0.3, 0.4) is 0 Å². The van der Waals surface area contributed by atoms with Gasteiger partial charge in [0.25, 0.3) is 0 Å². The zero-order valence-corrected chi connectivity index (χ0v) is 12.8. The molecule has 2 aromatic rings. The summed E-state index contributed by atoms with van der Waals surface area (Å²) >= 11 is 0. The first kappa shape index (κ1) is 15.2. The Labute approximate surface area is 133 Å². The number of rotatable bonds is 3. The van der Waals surface area contributed by atoms with Gasteiger partial charge in [0.15, 0.2) is 0 Å². The molecule has 0 aromatic heterocycles. The highest BCUT2D eigenvalue weighted by atomic mass is 19.1. The maximum atomic E-state index is 12.9. The van der Waals surface area contributed by atoms with Crippen molar-refractivity contribution in [3.8, 4) is 0 Å². The Morgan fingerprint density at radius 1 is 1.17 bits per heavy atom. The number of fused-ring (bicyclic) bond motifs is 1. The van der Waals surface area contributed by atoms with E-state index in [0.29, 0.717) is 12.2 Å². The quantitative estimate of drug-likeness (QED) is 0.947. The lowest BCUT2D eigenvalue weighted by Gasteiger charge is -2.16. The van der Waals surface area contributed by atoms with Gasteiger partial charge in [-0.25, -0.2) is 4.39 Å². The van der Waals surface area contributed by atoms with Crippen molar-refractivity contribution in [2.45, 2.75) is 19.8 Å². The molecule has 1 aliphatic heterocycles.